The molecule has 0 fully saturated rings. The van der Waals surface area contributed by atoms with Gasteiger partial charge in [0.1, 0.15) is 11.1 Å². The Labute approximate surface area is 86.2 Å². The molecule has 0 bridgehead atoms. The van der Waals surface area contributed by atoms with Crippen molar-refractivity contribution >= 4 is 31.7 Å². The van der Waals surface area contributed by atoms with Gasteiger partial charge in [-0.1, -0.05) is 0 Å². The van der Waals surface area contributed by atoms with E-state index in [-0.39, 0.29) is 0 Å². The number of nitrogens with one attached hydrogen (secondary N) is 2. The topological polar surface area (TPSA) is 61.8 Å². The molecule has 0 rings (SSSR count). The van der Waals surface area contributed by atoms with Crippen LogP contribution in [0.3, 0.4) is 0 Å². The molecule has 3 nitrogen and oxygen atoms in total. The summed E-state index contributed by atoms with van der Waals surface area (Å²) in [6.45, 7) is 12.0. The largest absolute Gasteiger partial charge is 0.211 e. The van der Waals surface area contributed by atoms with Crippen LogP contribution in [0, 0.1) is 11.1 Å². The van der Waals surface area contributed by atoms with Gasteiger partial charge in [-0.3, -0.25) is 0 Å². The van der Waals surface area contributed by atoms with E-state index in [1.807, 2.05) is 4.91 Å². The van der Waals surface area contributed by atoms with Gasteiger partial charge in [0.15, 0.2) is 0 Å². The molecule has 0 aromatic heterocycles. The molecule has 0 aromatic carbocycles. The van der Waals surface area contributed by atoms with E-state index < -0.39 is 4.63 Å². The fraction of sp³-hybridized carbons (Fsp3) is 1.00. The zero-order valence-electron chi connectivity index (χ0n) is 8.45. The number of nitrogens with zero attached hydrogens (tertiary/aromatic N) is 1. The van der Waals surface area contributed by atoms with Gasteiger partial charge in [0, 0.05) is 0 Å². The van der Waals surface area contributed by atoms with Crippen molar-refractivity contribution < 1.29 is 0 Å². The monoisotopic (exact) mass is 182 g/mol. The van der Waals surface area contributed by atoms with Crippen molar-refractivity contribution in [3.05, 3.63) is 0 Å². The van der Waals surface area contributed by atoms with E-state index in [1.54, 1.807) is 0 Å². The molecule has 0 aromatic rings. The van der Waals surface area contributed by atoms with Crippen LogP contribution >= 0.6 is 0 Å². The average molecular weight is 182 g/mol. The standard InChI is InChI=1S/C6H15Si.H2N3.Na/c1-6(2,3)7(4)5;1-3-2;/h1-5H3;1-2H;/q;+1;. The zero-order valence-corrected chi connectivity index (χ0v) is 11.4. The summed E-state index contributed by atoms with van der Waals surface area (Å²) in [5.74, 6) is 0. The Kier molecular flexibility index (Phi) is 6.68. The predicted molar refractivity (Wildman–Crippen MR) is 50.5 cm³/mol. The van der Waals surface area contributed by atoms with Crippen LogP contribution in [0.1, 0.15) is 20.8 Å². The van der Waals surface area contributed by atoms with Gasteiger partial charge in [-0.05, 0) is 0 Å². The molecule has 0 aliphatic carbocycles. The third-order valence-corrected chi connectivity index (χ3v) is 11.2. The second-order valence-electron chi connectivity index (χ2n) is 4.61. The Morgan fingerprint density at radius 1 is 1.18 bits per heavy atom. The maximum absolute atomic E-state index is 5.50. The fourth-order valence-electron chi connectivity index (χ4n) is 0. The van der Waals surface area contributed by atoms with Crippen molar-refractivity contribution in [3.63, 3.8) is 0 Å². The molecule has 0 aliphatic rings. The first-order valence-corrected chi connectivity index (χ1v) is 10.2. The van der Waals surface area contributed by atoms with Crippen molar-refractivity contribution in [2.45, 2.75) is 38.9 Å². The summed E-state index contributed by atoms with van der Waals surface area (Å²) < 4.78 is -0.720. The molecule has 0 saturated carbocycles. The van der Waals surface area contributed by atoms with E-state index in [4.69, 9.17) is 11.1 Å². The third kappa shape index (κ3) is 8.43. The Bertz CT molecular complexity index is 127. The molecule has 0 heterocycles. The van der Waals surface area contributed by atoms with Crippen LogP contribution in [-0.2, 0) is 0 Å². The Morgan fingerprint density at radius 3 is 1.27 bits per heavy atom. The molecule has 5 heteroatoms. The summed E-state index contributed by atoms with van der Waals surface area (Å²) in [4.78, 5) is 2.00. The molecule has 0 spiro atoms. The third-order valence-electron chi connectivity index (χ3n) is 2.25. The molecule has 60 valence electrons. The van der Waals surface area contributed by atoms with Gasteiger partial charge in [-0.2, -0.15) is 0 Å². The van der Waals surface area contributed by atoms with E-state index in [1.165, 1.54) is 27.0 Å². The van der Waals surface area contributed by atoms with E-state index in [0.29, 0.717) is 5.04 Å². The van der Waals surface area contributed by atoms with Crippen LogP contribution < -0.4 is 4.91 Å². The molecule has 0 unspecified atom stereocenters. The van der Waals surface area contributed by atoms with Gasteiger partial charge in [0.05, 0.1) is 0 Å². The normalized spacial score (nSPS) is 11.2. The van der Waals surface area contributed by atoms with Crippen molar-refractivity contribution in [2.24, 2.45) is 0 Å². The summed E-state index contributed by atoms with van der Waals surface area (Å²) >= 11 is 1.43. The molecule has 0 saturated heterocycles. The van der Waals surface area contributed by atoms with Crippen LogP contribution in [0.2, 0.25) is 18.1 Å². The van der Waals surface area contributed by atoms with Gasteiger partial charge >= 0.3 is 70.6 Å². The second kappa shape index (κ2) is 5.22. The first-order valence-electron chi connectivity index (χ1n) is 3.70. The van der Waals surface area contributed by atoms with Crippen LogP contribution in [-0.4, -0.2) is 31.7 Å². The van der Waals surface area contributed by atoms with Crippen molar-refractivity contribution in [1.29, 1.82) is 11.1 Å². The molecule has 0 atom stereocenters. The quantitative estimate of drug-likeness (QED) is 0.328. The number of hydrogen-bond donors (Lipinski definition) is 2. The Morgan fingerprint density at radius 2 is 1.27 bits per heavy atom. The molecule has 0 amide bonds. The molecule has 0 aliphatic heterocycles. The van der Waals surface area contributed by atoms with Crippen LogP contribution in [0.4, 0.5) is 0 Å². The minimum atomic E-state index is -0.720. The van der Waals surface area contributed by atoms with E-state index >= 15 is 0 Å². The van der Waals surface area contributed by atoms with Gasteiger partial charge in [0.25, 0.3) is 0 Å². The van der Waals surface area contributed by atoms with Crippen molar-refractivity contribution in [3.8, 4) is 0 Å². The molecular formula is C6H17N3NaSi+. The molecule has 2 N–H and O–H groups in total. The summed E-state index contributed by atoms with van der Waals surface area (Å²) in [6.07, 6.45) is 0. The average Bonchev–Trinajstić information content (AvgIpc) is 1.60. The van der Waals surface area contributed by atoms with Crippen LogP contribution in [0.15, 0.2) is 0 Å². The van der Waals surface area contributed by atoms with Crippen LogP contribution in [0.5, 0.6) is 0 Å². The first kappa shape index (κ1) is 14.1. The smallest absolute Gasteiger partial charge is 0.103 e. The van der Waals surface area contributed by atoms with Gasteiger partial charge in [-0.25, -0.2) is 0 Å². The molecule has 0 radical (unpaired) electrons. The minimum absolute atomic E-state index is 0.638. The second-order valence-corrected chi connectivity index (χ2v) is 18.1. The Hall–Kier alpha value is 0.527. The minimum Gasteiger partial charge on any atom is 0.103 e. The first-order chi connectivity index (χ1) is 4.66. The zero-order chi connectivity index (χ0) is 9.71. The van der Waals surface area contributed by atoms with E-state index in [0.717, 1.165) is 0 Å². The van der Waals surface area contributed by atoms with Crippen molar-refractivity contribution in [1.82, 2.24) is 4.91 Å². The van der Waals surface area contributed by atoms with E-state index in [2.05, 4.69) is 33.9 Å². The maximum atomic E-state index is 5.50. The summed E-state index contributed by atoms with van der Waals surface area (Å²) in [6, 6.07) is 0. The summed E-state index contributed by atoms with van der Waals surface area (Å²) in [7, 11) is 0. The predicted octanol–water partition coefficient (Wildman–Crippen LogP) is 2.28. The van der Waals surface area contributed by atoms with E-state index in [9.17, 15) is 0 Å². The SMILES string of the molecule is CC(C)(C)[Si](C)(C)[Na].N=[N+]=N. The maximum Gasteiger partial charge on any atom is 0.211 e. The number of rotatable bonds is 0. The fourth-order valence-corrected chi connectivity index (χ4v) is 0. The van der Waals surface area contributed by atoms with Crippen LogP contribution in [0.25, 0.3) is 0 Å². The summed E-state index contributed by atoms with van der Waals surface area (Å²) in [5, 5.41) is 0.638. The van der Waals surface area contributed by atoms with Crippen molar-refractivity contribution in [2.75, 3.05) is 0 Å². The summed E-state index contributed by atoms with van der Waals surface area (Å²) in [5.41, 5.74) is 11.0. The number of hydrogen-bond acceptors (Lipinski definition) is 2. The Balaban J connectivity index is 0. The molecular weight excluding hydrogens is 165 g/mol. The van der Waals surface area contributed by atoms with Gasteiger partial charge in [-0.15, -0.1) is 0 Å². The molecule has 11 heavy (non-hydrogen) atoms. The van der Waals surface area contributed by atoms with Gasteiger partial charge < -0.3 is 0 Å². The van der Waals surface area contributed by atoms with Gasteiger partial charge in [0.2, 0.25) is 4.91 Å².